The van der Waals surface area contributed by atoms with Gasteiger partial charge in [0.2, 0.25) is 10.0 Å². The molecule has 2 atom stereocenters. The molecule has 0 unspecified atom stereocenters. The Hall–Kier alpha value is -2.18. The number of nitrogens with zero attached hydrogens (tertiary/aromatic N) is 4. The zero-order valence-corrected chi connectivity index (χ0v) is 13.2. The fourth-order valence-electron chi connectivity index (χ4n) is 2.49. The van der Waals surface area contributed by atoms with Crippen LogP contribution in [0.25, 0.3) is 0 Å². The third kappa shape index (κ3) is 3.00. The number of fused-ring (bicyclic) bond motifs is 1. The molecule has 0 saturated heterocycles. The van der Waals surface area contributed by atoms with E-state index in [0.29, 0.717) is 10.6 Å². The first kappa shape index (κ1) is 15.7. The number of nitrogens with one attached hydrogen (secondary N) is 1. The molecular weight excluding hydrogens is 345 g/mol. The quantitative estimate of drug-likeness (QED) is 0.906. The van der Waals surface area contributed by atoms with Crippen LogP contribution in [0.1, 0.15) is 30.0 Å². The summed E-state index contributed by atoms with van der Waals surface area (Å²) in [7, 11) is -3.88. The van der Waals surface area contributed by atoms with Crippen LogP contribution in [0.3, 0.4) is 0 Å². The molecule has 0 aliphatic carbocycles. The Balaban J connectivity index is 1.96. The third-order valence-corrected chi connectivity index (χ3v) is 4.78. The fraction of sp³-hybridized carbons (Fsp3) is 0.308. The molecule has 0 amide bonds. The van der Waals surface area contributed by atoms with E-state index < -0.39 is 28.0 Å². The summed E-state index contributed by atoms with van der Waals surface area (Å²) in [5.74, 6) is -0.955. The van der Waals surface area contributed by atoms with Gasteiger partial charge < -0.3 is 0 Å². The van der Waals surface area contributed by atoms with Gasteiger partial charge in [-0.25, -0.2) is 22.2 Å². The minimum Gasteiger partial charge on any atom is -0.249 e. The number of aromatic nitrogens is 3. The van der Waals surface area contributed by atoms with Crippen LogP contribution >= 0.6 is 11.6 Å². The standard InChI is InChI=1S/C13H11ClFN5O2S/c14-9-4-2-1-3-8(9)11-7-10(15)12-17-13(18-20(11)12)19-23(21,22)6-5-16/h1-4,10-11H,6-7H2,(H,18,19)/t10-,11-/m0/s1. The van der Waals surface area contributed by atoms with E-state index in [-0.39, 0.29) is 18.2 Å². The fourth-order valence-corrected chi connectivity index (χ4v) is 3.36. The summed E-state index contributed by atoms with van der Waals surface area (Å²) in [5.41, 5.74) is 0.687. The highest BCUT2D eigenvalue weighted by atomic mass is 35.5. The summed E-state index contributed by atoms with van der Waals surface area (Å²) >= 11 is 6.14. The summed E-state index contributed by atoms with van der Waals surface area (Å²) in [4.78, 5) is 3.88. The maximum Gasteiger partial charge on any atom is 0.256 e. The third-order valence-electron chi connectivity index (χ3n) is 3.43. The van der Waals surface area contributed by atoms with Gasteiger partial charge in [-0.1, -0.05) is 29.8 Å². The second-order valence-electron chi connectivity index (χ2n) is 5.00. The Kier molecular flexibility index (Phi) is 3.95. The number of benzene rings is 1. The molecule has 1 aromatic carbocycles. The molecule has 23 heavy (non-hydrogen) atoms. The molecule has 1 N–H and O–H groups in total. The van der Waals surface area contributed by atoms with Gasteiger partial charge in [-0.3, -0.25) is 0 Å². The predicted molar refractivity (Wildman–Crippen MR) is 81.1 cm³/mol. The summed E-state index contributed by atoms with van der Waals surface area (Å²) in [6.45, 7) is 0. The van der Waals surface area contributed by atoms with Crippen molar-refractivity contribution in [1.82, 2.24) is 14.8 Å². The number of alkyl halides is 1. The lowest BCUT2D eigenvalue weighted by molar-refractivity contribution is 0.329. The predicted octanol–water partition coefficient (Wildman–Crippen LogP) is 2.20. The summed E-state index contributed by atoms with van der Waals surface area (Å²) < 4.78 is 40.7. The molecule has 10 heteroatoms. The van der Waals surface area contributed by atoms with Gasteiger partial charge in [0.05, 0.1) is 12.1 Å². The summed E-state index contributed by atoms with van der Waals surface area (Å²) in [6.07, 6.45) is -1.25. The van der Waals surface area contributed by atoms with Crippen LogP contribution in [-0.2, 0) is 10.0 Å². The van der Waals surface area contributed by atoms with E-state index in [2.05, 4.69) is 14.8 Å². The second kappa shape index (κ2) is 5.79. The van der Waals surface area contributed by atoms with E-state index >= 15 is 0 Å². The van der Waals surface area contributed by atoms with Crippen LogP contribution < -0.4 is 4.72 Å². The normalized spacial score (nSPS) is 20.0. The van der Waals surface area contributed by atoms with Crippen molar-refractivity contribution in [3.05, 3.63) is 40.7 Å². The van der Waals surface area contributed by atoms with E-state index in [1.165, 1.54) is 10.8 Å². The molecule has 0 bridgehead atoms. The maximum atomic E-state index is 14.2. The summed E-state index contributed by atoms with van der Waals surface area (Å²) in [5, 5.41) is 13.0. The van der Waals surface area contributed by atoms with Crippen molar-refractivity contribution < 1.29 is 12.8 Å². The molecule has 2 heterocycles. The molecule has 0 saturated carbocycles. The van der Waals surface area contributed by atoms with Crippen LogP contribution in [0.2, 0.25) is 5.02 Å². The van der Waals surface area contributed by atoms with Gasteiger partial charge in [-0.15, -0.1) is 5.10 Å². The SMILES string of the molecule is N#CCS(=O)(=O)Nc1nc2n(n1)[C@H](c1ccccc1Cl)C[C@@H]2F. The largest absolute Gasteiger partial charge is 0.256 e. The van der Waals surface area contributed by atoms with Crippen molar-refractivity contribution in [1.29, 1.82) is 5.26 Å². The second-order valence-corrected chi connectivity index (χ2v) is 7.13. The van der Waals surface area contributed by atoms with Gasteiger partial charge in [0, 0.05) is 11.4 Å². The molecule has 1 aliphatic rings. The van der Waals surface area contributed by atoms with E-state index in [9.17, 15) is 12.8 Å². The maximum absolute atomic E-state index is 14.2. The lowest BCUT2D eigenvalue weighted by atomic mass is 10.0. The number of hydrogen-bond acceptors (Lipinski definition) is 5. The molecule has 3 rings (SSSR count). The molecule has 0 radical (unpaired) electrons. The van der Waals surface area contributed by atoms with Crippen LogP contribution in [0.15, 0.2) is 24.3 Å². The molecule has 1 aromatic heterocycles. The molecular formula is C13H11ClFN5O2S. The first-order valence-electron chi connectivity index (χ1n) is 6.63. The number of anilines is 1. The molecule has 1 aliphatic heterocycles. The summed E-state index contributed by atoms with van der Waals surface area (Å²) in [6, 6.07) is 8.05. The Labute approximate surface area is 136 Å². The topological polar surface area (TPSA) is 101 Å². The van der Waals surface area contributed by atoms with Gasteiger partial charge in [0.25, 0.3) is 5.95 Å². The average Bonchev–Trinajstić information content (AvgIpc) is 2.99. The van der Waals surface area contributed by atoms with Crippen LogP contribution in [0, 0.1) is 11.3 Å². The Morgan fingerprint density at radius 3 is 2.91 bits per heavy atom. The lowest BCUT2D eigenvalue weighted by Gasteiger charge is -2.13. The Morgan fingerprint density at radius 2 is 2.22 bits per heavy atom. The van der Waals surface area contributed by atoms with Gasteiger partial charge >= 0.3 is 0 Å². The highest BCUT2D eigenvalue weighted by molar-refractivity contribution is 7.92. The molecule has 2 aromatic rings. The minimum atomic E-state index is -3.88. The number of rotatable bonds is 4. The number of hydrogen-bond donors (Lipinski definition) is 1. The first-order valence-corrected chi connectivity index (χ1v) is 8.66. The van der Waals surface area contributed by atoms with Crippen LogP contribution in [0.4, 0.5) is 10.3 Å². The van der Waals surface area contributed by atoms with E-state index in [1.807, 2.05) is 0 Å². The van der Waals surface area contributed by atoms with Gasteiger partial charge in [0.1, 0.15) is 0 Å². The number of halogens is 2. The Bertz CT molecular complexity index is 892. The highest BCUT2D eigenvalue weighted by Gasteiger charge is 2.36. The van der Waals surface area contributed by atoms with E-state index in [1.54, 1.807) is 24.3 Å². The van der Waals surface area contributed by atoms with Gasteiger partial charge in [-0.2, -0.15) is 10.2 Å². The number of nitriles is 1. The van der Waals surface area contributed by atoms with Gasteiger partial charge in [0.15, 0.2) is 17.7 Å². The van der Waals surface area contributed by atoms with E-state index in [0.717, 1.165) is 0 Å². The minimum absolute atomic E-state index is 0.0320. The zero-order chi connectivity index (χ0) is 16.6. The first-order chi connectivity index (χ1) is 10.9. The van der Waals surface area contributed by atoms with Crippen molar-refractivity contribution in [3.63, 3.8) is 0 Å². The molecule has 120 valence electrons. The molecule has 0 fully saturated rings. The lowest BCUT2D eigenvalue weighted by Crippen LogP contribution is -2.17. The smallest absolute Gasteiger partial charge is 0.249 e. The highest BCUT2D eigenvalue weighted by Crippen LogP contribution is 2.41. The monoisotopic (exact) mass is 355 g/mol. The van der Waals surface area contributed by atoms with Crippen molar-refractivity contribution in [2.24, 2.45) is 0 Å². The Morgan fingerprint density at radius 1 is 1.48 bits per heavy atom. The molecule has 0 spiro atoms. The van der Waals surface area contributed by atoms with Crippen molar-refractivity contribution in [3.8, 4) is 6.07 Å². The van der Waals surface area contributed by atoms with Crippen LogP contribution in [0.5, 0.6) is 0 Å². The van der Waals surface area contributed by atoms with Crippen molar-refractivity contribution >= 4 is 27.6 Å². The van der Waals surface area contributed by atoms with Crippen LogP contribution in [-0.4, -0.2) is 28.9 Å². The van der Waals surface area contributed by atoms with Crippen molar-refractivity contribution in [2.45, 2.75) is 18.6 Å². The van der Waals surface area contributed by atoms with Gasteiger partial charge in [-0.05, 0) is 11.6 Å². The number of sulfonamides is 1. The van der Waals surface area contributed by atoms with Crippen molar-refractivity contribution in [2.75, 3.05) is 10.5 Å². The molecule has 7 nitrogen and oxygen atoms in total. The van der Waals surface area contributed by atoms with E-state index in [4.69, 9.17) is 16.9 Å². The zero-order valence-electron chi connectivity index (χ0n) is 11.6. The average molecular weight is 356 g/mol.